The van der Waals surface area contributed by atoms with Crippen molar-refractivity contribution in [2.24, 2.45) is 0 Å². The van der Waals surface area contributed by atoms with Crippen molar-refractivity contribution in [3.05, 3.63) is 52.9 Å². The lowest BCUT2D eigenvalue weighted by Crippen LogP contribution is -2.11. The molecule has 1 aromatic carbocycles. The molecule has 1 heterocycles. The minimum absolute atomic E-state index is 0.699. The van der Waals surface area contributed by atoms with Gasteiger partial charge in [0.05, 0.1) is 7.11 Å². The number of aryl methyl sites for hydroxylation is 1. The maximum Gasteiger partial charge on any atom is 0.222 e. The number of anilines is 1. The van der Waals surface area contributed by atoms with E-state index in [1.807, 2.05) is 12.4 Å². The van der Waals surface area contributed by atoms with Crippen molar-refractivity contribution in [1.82, 2.24) is 9.97 Å². The zero-order chi connectivity index (χ0) is 16.1. The SMILES string of the molecule is CCc1cnc(NCCc2ccc(OC)c3c2CCC=C3)nc1. The zero-order valence-electron chi connectivity index (χ0n) is 13.8. The van der Waals surface area contributed by atoms with Crippen LogP contribution in [0.2, 0.25) is 0 Å². The molecule has 0 amide bonds. The van der Waals surface area contributed by atoms with E-state index in [1.165, 1.54) is 16.7 Å². The molecule has 2 aromatic rings. The van der Waals surface area contributed by atoms with Crippen LogP contribution in [-0.2, 0) is 19.3 Å². The molecular formula is C19H23N3O. The molecular weight excluding hydrogens is 286 g/mol. The van der Waals surface area contributed by atoms with E-state index in [-0.39, 0.29) is 0 Å². The molecule has 0 saturated carbocycles. The monoisotopic (exact) mass is 309 g/mol. The number of methoxy groups -OCH3 is 1. The van der Waals surface area contributed by atoms with Crippen molar-refractivity contribution in [3.8, 4) is 5.75 Å². The molecule has 4 heteroatoms. The van der Waals surface area contributed by atoms with Crippen LogP contribution < -0.4 is 10.1 Å². The minimum atomic E-state index is 0.699. The zero-order valence-corrected chi connectivity index (χ0v) is 13.8. The summed E-state index contributed by atoms with van der Waals surface area (Å²) in [4.78, 5) is 8.68. The van der Waals surface area contributed by atoms with E-state index in [0.717, 1.165) is 43.5 Å². The molecule has 0 aliphatic heterocycles. The van der Waals surface area contributed by atoms with Crippen LogP contribution >= 0.6 is 0 Å². The highest BCUT2D eigenvalue weighted by Crippen LogP contribution is 2.31. The summed E-state index contributed by atoms with van der Waals surface area (Å²) in [6, 6.07) is 4.25. The highest BCUT2D eigenvalue weighted by Gasteiger charge is 2.14. The van der Waals surface area contributed by atoms with Crippen molar-refractivity contribution in [2.75, 3.05) is 19.0 Å². The van der Waals surface area contributed by atoms with E-state index < -0.39 is 0 Å². The van der Waals surface area contributed by atoms with Gasteiger partial charge in [-0.2, -0.15) is 0 Å². The predicted octanol–water partition coefficient (Wildman–Crippen LogP) is 3.66. The first kappa shape index (κ1) is 15.5. The van der Waals surface area contributed by atoms with Crippen molar-refractivity contribution in [2.45, 2.75) is 32.6 Å². The van der Waals surface area contributed by atoms with Gasteiger partial charge in [0.25, 0.3) is 0 Å². The number of allylic oxidation sites excluding steroid dienone is 1. The molecule has 1 aliphatic rings. The van der Waals surface area contributed by atoms with E-state index in [9.17, 15) is 0 Å². The van der Waals surface area contributed by atoms with Gasteiger partial charge in [-0.1, -0.05) is 25.1 Å². The second-order valence-electron chi connectivity index (χ2n) is 5.71. The number of ether oxygens (including phenoxy) is 1. The second-order valence-corrected chi connectivity index (χ2v) is 5.71. The molecule has 1 N–H and O–H groups in total. The Balaban J connectivity index is 1.67. The molecule has 0 spiro atoms. The Bertz CT molecular complexity index is 693. The number of hydrogen-bond donors (Lipinski definition) is 1. The van der Waals surface area contributed by atoms with Gasteiger partial charge >= 0.3 is 0 Å². The Kier molecular flexibility index (Phi) is 4.91. The van der Waals surface area contributed by atoms with Crippen LogP contribution in [0.15, 0.2) is 30.6 Å². The Labute approximate surface area is 137 Å². The van der Waals surface area contributed by atoms with E-state index >= 15 is 0 Å². The van der Waals surface area contributed by atoms with Crippen LogP contribution in [0.4, 0.5) is 5.95 Å². The van der Waals surface area contributed by atoms with E-state index in [1.54, 1.807) is 7.11 Å². The Morgan fingerprint density at radius 1 is 1.22 bits per heavy atom. The third kappa shape index (κ3) is 3.52. The lowest BCUT2D eigenvalue weighted by Gasteiger charge is -2.18. The minimum Gasteiger partial charge on any atom is -0.496 e. The number of nitrogens with one attached hydrogen (secondary N) is 1. The summed E-state index contributed by atoms with van der Waals surface area (Å²) in [7, 11) is 1.73. The first-order chi connectivity index (χ1) is 11.3. The summed E-state index contributed by atoms with van der Waals surface area (Å²) in [5, 5.41) is 3.31. The normalized spacial score (nSPS) is 12.8. The number of nitrogens with zero attached hydrogens (tertiary/aromatic N) is 2. The molecule has 0 fully saturated rings. The first-order valence-corrected chi connectivity index (χ1v) is 8.22. The maximum atomic E-state index is 5.48. The number of rotatable bonds is 6. The van der Waals surface area contributed by atoms with E-state index in [2.05, 4.69) is 46.5 Å². The number of aromatic nitrogens is 2. The first-order valence-electron chi connectivity index (χ1n) is 8.22. The average Bonchev–Trinajstić information content (AvgIpc) is 2.62. The summed E-state index contributed by atoms with van der Waals surface area (Å²) in [6.45, 7) is 2.93. The lowest BCUT2D eigenvalue weighted by atomic mass is 9.90. The van der Waals surface area contributed by atoms with Gasteiger partial charge in [0, 0.05) is 24.5 Å². The molecule has 0 atom stereocenters. The molecule has 1 aromatic heterocycles. The van der Waals surface area contributed by atoms with Gasteiger partial charge in [0.1, 0.15) is 5.75 Å². The summed E-state index contributed by atoms with van der Waals surface area (Å²) in [5.74, 6) is 1.66. The fraction of sp³-hybridized carbons (Fsp3) is 0.368. The Morgan fingerprint density at radius 3 is 2.78 bits per heavy atom. The standard InChI is InChI=1S/C19H23N3O/c1-3-14-12-21-19(22-13-14)20-11-10-15-8-9-18(23-2)17-7-5-4-6-16(15)17/h5,7-9,12-13H,3-4,6,10-11H2,1-2H3,(H,20,21,22). The van der Waals surface area contributed by atoms with Gasteiger partial charge in [0.15, 0.2) is 0 Å². The van der Waals surface area contributed by atoms with Gasteiger partial charge in [0.2, 0.25) is 5.95 Å². The van der Waals surface area contributed by atoms with Crippen molar-refractivity contribution < 1.29 is 4.74 Å². The molecule has 23 heavy (non-hydrogen) atoms. The van der Waals surface area contributed by atoms with Crippen molar-refractivity contribution in [3.63, 3.8) is 0 Å². The van der Waals surface area contributed by atoms with E-state index in [4.69, 9.17) is 4.74 Å². The van der Waals surface area contributed by atoms with Crippen molar-refractivity contribution in [1.29, 1.82) is 0 Å². The average molecular weight is 309 g/mol. The van der Waals surface area contributed by atoms with Gasteiger partial charge in [-0.3, -0.25) is 0 Å². The fourth-order valence-corrected chi connectivity index (χ4v) is 2.94. The maximum absolute atomic E-state index is 5.48. The molecule has 120 valence electrons. The molecule has 0 unspecified atom stereocenters. The predicted molar refractivity (Wildman–Crippen MR) is 94.0 cm³/mol. The quantitative estimate of drug-likeness (QED) is 0.884. The van der Waals surface area contributed by atoms with Crippen LogP contribution in [0.5, 0.6) is 5.75 Å². The third-order valence-electron chi connectivity index (χ3n) is 4.27. The third-order valence-corrected chi connectivity index (χ3v) is 4.27. The number of hydrogen-bond acceptors (Lipinski definition) is 4. The molecule has 0 saturated heterocycles. The second kappa shape index (κ2) is 7.27. The highest BCUT2D eigenvalue weighted by molar-refractivity contribution is 5.65. The molecule has 0 radical (unpaired) electrons. The van der Waals surface area contributed by atoms with E-state index in [0.29, 0.717) is 5.95 Å². The topological polar surface area (TPSA) is 47.0 Å². The fourth-order valence-electron chi connectivity index (χ4n) is 2.94. The van der Waals surface area contributed by atoms with Crippen molar-refractivity contribution >= 4 is 12.0 Å². The van der Waals surface area contributed by atoms with Gasteiger partial charge in [-0.05, 0) is 48.4 Å². The largest absolute Gasteiger partial charge is 0.496 e. The Hall–Kier alpha value is -2.36. The molecule has 3 rings (SSSR count). The van der Waals surface area contributed by atoms with Crippen LogP contribution in [-0.4, -0.2) is 23.6 Å². The number of benzene rings is 1. The van der Waals surface area contributed by atoms with Gasteiger partial charge < -0.3 is 10.1 Å². The Morgan fingerprint density at radius 2 is 2.04 bits per heavy atom. The summed E-state index contributed by atoms with van der Waals surface area (Å²) >= 11 is 0. The highest BCUT2D eigenvalue weighted by atomic mass is 16.5. The van der Waals surface area contributed by atoms with Crippen LogP contribution in [0.3, 0.4) is 0 Å². The summed E-state index contributed by atoms with van der Waals surface area (Å²) in [5.41, 5.74) is 5.19. The molecule has 0 bridgehead atoms. The summed E-state index contributed by atoms with van der Waals surface area (Å²) < 4.78 is 5.48. The lowest BCUT2D eigenvalue weighted by molar-refractivity contribution is 0.413. The van der Waals surface area contributed by atoms with Crippen LogP contribution in [0.1, 0.15) is 35.6 Å². The van der Waals surface area contributed by atoms with Gasteiger partial charge in [-0.15, -0.1) is 0 Å². The number of fused-ring (bicyclic) bond motifs is 1. The smallest absolute Gasteiger partial charge is 0.222 e. The van der Waals surface area contributed by atoms with Crippen LogP contribution in [0.25, 0.3) is 6.08 Å². The molecule has 1 aliphatic carbocycles. The van der Waals surface area contributed by atoms with Crippen LogP contribution in [0, 0.1) is 0 Å². The van der Waals surface area contributed by atoms with Gasteiger partial charge in [-0.25, -0.2) is 9.97 Å². The summed E-state index contributed by atoms with van der Waals surface area (Å²) in [6.07, 6.45) is 12.3. The molecule has 4 nitrogen and oxygen atoms in total.